The van der Waals surface area contributed by atoms with Gasteiger partial charge in [0.05, 0.1) is 17.3 Å². The molecule has 4 aromatic rings. The van der Waals surface area contributed by atoms with Crippen molar-refractivity contribution >= 4 is 29.1 Å². The fraction of sp³-hybridized carbons (Fsp3) is 0.115. The summed E-state index contributed by atoms with van der Waals surface area (Å²) < 4.78 is 19.8. The molecular weight excluding hydrogens is 451 g/mol. The van der Waals surface area contributed by atoms with Gasteiger partial charge in [0.2, 0.25) is 5.82 Å². The molecule has 0 saturated heterocycles. The smallest absolute Gasteiger partial charge is 0.326 e. The number of aromatic nitrogens is 2. The van der Waals surface area contributed by atoms with E-state index in [1.165, 1.54) is 12.1 Å². The molecule has 2 heterocycles. The first-order valence-electron chi connectivity index (χ1n) is 10.7. The Bertz CT molecular complexity index is 1390. The van der Waals surface area contributed by atoms with Crippen molar-refractivity contribution in [3.8, 4) is 11.4 Å². The molecule has 0 saturated carbocycles. The third kappa shape index (κ3) is 4.08. The number of halogens is 1. The zero-order valence-electron chi connectivity index (χ0n) is 18.5. The molecule has 0 fully saturated rings. The number of amides is 2. The first-order chi connectivity index (χ1) is 16.5. The van der Waals surface area contributed by atoms with Gasteiger partial charge >= 0.3 is 6.03 Å². The van der Waals surface area contributed by atoms with E-state index in [9.17, 15) is 9.18 Å². The SMILES string of the molecule is CSc1cccc(N2C(=O)NC(c3cccc(F)c3)C(c3nc(-c4ccccc4)no3)=C2C)c1. The van der Waals surface area contributed by atoms with Crippen LogP contribution in [0.1, 0.15) is 24.4 Å². The van der Waals surface area contributed by atoms with E-state index in [2.05, 4.69) is 15.5 Å². The van der Waals surface area contributed by atoms with Crippen molar-refractivity contribution in [3.05, 3.63) is 102 Å². The third-order valence-electron chi connectivity index (χ3n) is 5.67. The third-order valence-corrected chi connectivity index (χ3v) is 6.39. The van der Waals surface area contributed by atoms with Crippen LogP contribution >= 0.6 is 11.8 Å². The van der Waals surface area contributed by atoms with Gasteiger partial charge in [-0.15, -0.1) is 11.8 Å². The molecular formula is C26H21FN4O2S. The molecule has 0 spiro atoms. The lowest BCUT2D eigenvalue weighted by Gasteiger charge is -2.35. The topological polar surface area (TPSA) is 71.3 Å². The minimum Gasteiger partial charge on any atom is -0.334 e. The number of thioether (sulfide) groups is 1. The largest absolute Gasteiger partial charge is 0.334 e. The van der Waals surface area contributed by atoms with Gasteiger partial charge in [0.25, 0.3) is 5.89 Å². The fourth-order valence-corrected chi connectivity index (χ4v) is 4.51. The van der Waals surface area contributed by atoms with E-state index in [0.717, 1.165) is 10.5 Å². The summed E-state index contributed by atoms with van der Waals surface area (Å²) in [5.74, 6) is 0.299. The first kappa shape index (κ1) is 21.9. The molecule has 6 nitrogen and oxygen atoms in total. The lowest BCUT2D eigenvalue weighted by Crippen LogP contribution is -2.46. The Morgan fingerprint density at radius 1 is 1.03 bits per heavy atom. The van der Waals surface area contributed by atoms with Crippen LogP contribution in [0.4, 0.5) is 14.9 Å². The summed E-state index contributed by atoms with van der Waals surface area (Å²) in [5.41, 5.74) is 3.33. The van der Waals surface area contributed by atoms with Crippen molar-refractivity contribution in [3.63, 3.8) is 0 Å². The van der Waals surface area contributed by atoms with Crippen LogP contribution in [0.15, 0.2) is 94.0 Å². The Morgan fingerprint density at radius 2 is 1.82 bits per heavy atom. The highest BCUT2D eigenvalue weighted by molar-refractivity contribution is 7.98. The van der Waals surface area contributed by atoms with Gasteiger partial charge in [-0.25, -0.2) is 9.18 Å². The highest BCUT2D eigenvalue weighted by atomic mass is 32.2. The molecule has 8 heteroatoms. The Balaban J connectivity index is 1.67. The molecule has 0 aliphatic carbocycles. The van der Waals surface area contributed by atoms with E-state index in [1.54, 1.807) is 28.8 Å². The van der Waals surface area contributed by atoms with Crippen LogP contribution in [0.3, 0.4) is 0 Å². The number of carbonyl (C=O) groups is 1. The van der Waals surface area contributed by atoms with Crippen molar-refractivity contribution in [2.45, 2.75) is 17.9 Å². The van der Waals surface area contributed by atoms with Crippen LogP contribution in [-0.2, 0) is 0 Å². The molecule has 1 aromatic heterocycles. The predicted molar refractivity (Wildman–Crippen MR) is 131 cm³/mol. The Labute approximate surface area is 200 Å². The molecule has 1 aliphatic heterocycles. The Morgan fingerprint density at radius 3 is 2.59 bits per heavy atom. The van der Waals surface area contributed by atoms with Crippen molar-refractivity contribution in [1.82, 2.24) is 15.5 Å². The van der Waals surface area contributed by atoms with E-state index in [0.29, 0.717) is 28.3 Å². The summed E-state index contributed by atoms with van der Waals surface area (Å²) in [6.07, 6.45) is 1.98. The van der Waals surface area contributed by atoms with Crippen molar-refractivity contribution < 1.29 is 13.7 Å². The average molecular weight is 473 g/mol. The second kappa shape index (κ2) is 9.15. The monoisotopic (exact) mass is 472 g/mol. The summed E-state index contributed by atoms with van der Waals surface area (Å²) in [6, 6.07) is 22.3. The minimum absolute atomic E-state index is 0.261. The number of nitrogens with one attached hydrogen (secondary N) is 1. The van der Waals surface area contributed by atoms with Crippen LogP contribution in [-0.4, -0.2) is 22.4 Å². The maximum atomic E-state index is 14.1. The molecule has 3 aromatic carbocycles. The standard InChI is InChI=1S/C26H21FN4O2S/c1-16-22(25-29-24(30-33-25)17-8-4-3-5-9-17)23(18-10-6-11-19(27)14-18)28-26(32)31(16)20-12-7-13-21(15-20)34-2/h3-15,23H,1-2H3,(H,28,32). The Hall–Kier alpha value is -3.91. The zero-order chi connectivity index (χ0) is 23.7. The van der Waals surface area contributed by atoms with E-state index in [-0.39, 0.29) is 11.9 Å². The number of urea groups is 1. The summed E-state index contributed by atoms with van der Waals surface area (Å²) in [7, 11) is 0. The van der Waals surface area contributed by atoms with Crippen molar-refractivity contribution in [1.29, 1.82) is 0 Å². The maximum absolute atomic E-state index is 14.1. The summed E-state index contributed by atoms with van der Waals surface area (Å²) >= 11 is 1.59. The second-order valence-electron chi connectivity index (χ2n) is 7.76. The molecule has 0 bridgehead atoms. The number of hydrogen-bond acceptors (Lipinski definition) is 5. The van der Waals surface area contributed by atoms with Crippen LogP contribution in [0.5, 0.6) is 0 Å². The van der Waals surface area contributed by atoms with Gasteiger partial charge in [0.15, 0.2) is 0 Å². The van der Waals surface area contributed by atoms with E-state index in [1.807, 2.05) is 67.8 Å². The molecule has 2 amide bonds. The number of nitrogens with zero attached hydrogens (tertiary/aromatic N) is 3. The molecule has 1 atom stereocenters. The van der Waals surface area contributed by atoms with Crippen molar-refractivity contribution in [2.75, 3.05) is 11.2 Å². The van der Waals surface area contributed by atoms with Gasteiger partial charge < -0.3 is 9.84 Å². The number of anilines is 1. The molecule has 170 valence electrons. The van der Waals surface area contributed by atoms with Gasteiger partial charge in [-0.05, 0) is 49.1 Å². The van der Waals surface area contributed by atoms with Gasteiger partial charge in [-0.3, -0.25) is 4.90 Å². The zero-order valence-corrected chi connectivity index (χ0v) is 19.3. The normalized spacial score (nSPS) is 16.0. The lowest BCUT2D eigenvalue weighted by atomic mass is 9.94. The van der Waals surface area contributed by atoms with E-state index < -0.39 is 11.9 Å². The first-order valence-corrected chi connectivity index (χ1v) is 11.9. The minimum atomic E-state index is -0.660. The Kier molecular flexibility index (Phi) is 5.90. The summed E-state index contributed by atoms with van der Waals surface area (Å²) in [5, 5.41) is 7.16. The predicted octanol–water partition coefficient (Wildman–Crippen LogP) is 6.30. The molecule has 0 radical (unpaired) electrons. The van der Waals surface area contributed by atoms with Crippen molar-refractivity contribution in [2.24, 2.45) is 0 Å². The van der Waals surface area contributed by atoms with E-state index >= 15 is 0 Å². The lowest BCUT2D eigenvalue weighted by molar-refractivity contribution is 0.244. The van der Waals surface area contributed by atoms with E-state index in [4.69, 9.17) is 4.52 Å². The van der Waals surface area contributed by atoms with Crippen LogP contribution in [0, 0.1) is 5.82 Å². The van der Waals surface area contributed by atoms with Gasteiger partial charge in [0, 0.05) is 16.2 Å². The molecule has 1 N–H and O–H groups in total. The highest BCUT2D eigenvalue weighted by Gasteiger charge is 2.36. The average Bonchev–Trinajstić information content (AvgIpc) is 3.34. The molecule has 1 aliphatic rings. The maximum Gasteiger partial charge on any atom is 0.326 e. The quantitative estimate of drug-likeness (QED) is 0.345. The van der Waals surface area contributed by atoms with Gasteiger partial charge in [-0.1, -0.05) is 53.7 Å². The molecule has 34 heavy (non-hydrogen) atoms. The number of rotatable bonds is 5. The highest BCUT2D eigenvalue weighted by Crippen LogP contribution is 2.39. The number of benzene rings is 3. The molecule has 1 unspecified atom stereocenters. The molecule has 5 rings (SSSR count). The summed E-state index contributed by atoms with van der Waals surface area (Å²) in [4.78, 5) is 20.5. The number of allylic oxidation sites excluding steroid dienone is 1. The fourth-order valence-electron chi connectivity index (χ4n) is 4.05. The van der Waals surface area contributed by atoms with Gasteiger partial charge in [0.1, 0.15) is 5.82 Å². The van der Waals surface area contributed by atoms with Gasteiger partial charge in [-0.2, -0.15) is 4.98 Å². The second-order valence-corrected chi connectivity index (χ2v) is 8.64. The summed E-state index contributed by atoms with van der Waals surface area (Å²) in [6.45, 7) is 1.83. The number of carbonyl (C=O) groups excluding carboxylic acids is 1. The van der Waals surface area contributed by atoms with Crippen LogP contribution < -0.4 is 10.2 Å². The van der Waals surface area contributed by atoms with Crippen LogP contribution in [0.2, 0.25) is 0 Å². The van der Waals surface area contributed by atoms with Crippen LogP contribution in [0.25, 0.3) is 17.0 Å². The number of hydrogen-bond donors (Lipinski definition) is 1.